The van der Waals surface area contributed by atoms with Gasteiger partial charge in [-0.25, -0.2) is 4.39 Å². The number of aryl methyl sites for hydroxylation is 1. The second-order valence-electron chi connectivity index (χ2n) is 4.95. The third-order valence-corrected chi connectivity index (χ3v) is 3.77. The highest BCUT2D eigenvalue weighted by Gasteiger charge is 2.09. The van der Waals surface area contributed by atoms with E-state index in [0.717, 1.165) is 35.1 Å². The Kier molecular flexibility index (Phi) is 5.32. The maximum atomic E-state index is 14.0. The first kappa shape index (κ1) is 15.2. The second kappa shape index (κ2) is 7.00. The van der Waals surface area contributed by atoms with Crippen molar-refractivity contribution in [1.82, 2.24) is 5.32 Å². The molecule has 0 aromatic heterocycles. The Morgan fingerprint density at radius 2 is 1.90 bits per heavy atom. The molecule has 0 saturated carbocycles. The van der Waals surface area contributed by atoms with Gasteiger partial charge in [-0.05, 0) is 60.8 Å². The molecule has 0 radical (unpaired) electrons. The van der Waals surface area contributed by atoms with Crippen molar-refractivity contribution in [2.75, 3.05) is 6.54 Å². The molecular formula is C17H19BrFN. The lowest BCUT2D eigenvalue weighted by Crippen LogP contribution is -2.13. The summed E-state index contributed by atoms with van der Waals surface area (Å²) in [4.78, 5) is 0. The van der Waals surface area contributed by atoms with Crippen LogP contribution in [0.5, 0.6) is 0 Å². The van der Waals surface area contributed by atoms with Crippen LogP contribution in [0.4, 0.5) is 4.39 Å². The van der Waals surface area contributed by atoms with Crippen molar-refractivity contribution >= 4 is 15.9 Å². The molecule has 0 aliphatic heterocycles. The van der Waals surface area contributed by atoms with Crippen molar-refractivity contribution in [2.24, 2.45) is 0 Å². The van der Waals surface area contributed by atoms with Crippen LogP contribution in [0.2, 0.25) is 0 Å². The molecule has 1 N–H and O–H groups in total. The minimum atomic E-state index is -0.185. The zero-order valence-electron chi connectivity index (χ0n) is 11.8. The van der Waals surface area contributed by atoms with Crippen molar-refractivity contribution in [3.63, 3.8) is 0 Å². The summed E-state index contributed by atoms with van der Waals surface area (Å²) in [5.74, 6) is -0.185. The van der Waals surface area contributed by atoms with E-state index in [1.54, 1.807) is 6.07 Å². The van der Waals surface area contributed by atoms with E-state index in [0.29, 0.717) is 5.56 Å². The number of benzene rings is 2. The molecule has 0 atom stereocenters. The van der Waals surface area contributed by atoms with E-state index in [4.69, 9.17) is 0 Å². The van der Waals surface area contributed by atoms with Crippen molar-refractivity contribution in [3.05, 3.63) is 57.8 Å². The van der Waals surface area contributed by atoms with Crippen LogP contribution in [0.25, 0.3) is 11.1 Å². The van der Waals surface area contributed by atoms with E-state index < -0.39 is 0 Å². The van der Waals surface area contributed by atoms with Gasteiger partial charge in [0.15, 0.2) is 0 Å². The lowest BCUT2D eigenvalue weighted by molar-refractivity contribution is 0.631. The Bertz CT molecular complexity index is 596. The minimum absolute atomic E-state index is 0.185. The van der Waals surface area contributed by atoms with E-state index in [1.165, 1.54) is 11.6 Å². The Balaban J connectivity index is 2.35. The first-order valence-electron chi connectivity index (χ1n) is 6.87. The number of halogens is 2. The molecule has 0 amide bonds. The molecule has 2 aromatic rings. The Morgan fingerprint density at radius 1 is 1.10 bits per heavy atom. The minimum Gasteiger partial charge on any atom is -0.313 e. The largest absolute Gasteiger partial charge is 0.313 e. The van der Waals surface area contributed by atoms with Gasteiger partial charge >= 0.3 is 0 Å². The molecule has 0 saturated heterocycles. The molecule has 20 heavy (non-hydrogen) atoms. The summed E-state index contributed by atoms with van der Waals surface area (Å²) in [7, 11) is 0. The van der Waals surface area contributed by atoms with Crippen molar-refractivity contribution in [1.29, 1.82) is 0 Å². The van der Waals surface area contributed by atoms with Crippen LogP contribution in [0, 0.1) is 12.7 Å². The van der Waals surface area contributed by atoms with Crippen LogP contribution < -0.4 is 5.32 Å². The van der Waals surface area contributed by atoms with Gasteiger partial charge in [0, 0.05) is 16.6 Å². The summed E-state index contributed by atoms with van der Waals surface area (Å²) in [6.07, 6.45) is 1.11. The highest BCUT2D eigenvalue weighted by atomic mass is 79.9. The lowest BCUT2D eigenvalue weighted by Gasteiger charge is -2.11. The predicted octanol–water partition coefficient (Wildman–Crippen LogP) is 5.06. The van der Waals surface area contributed by atoms with Crippen LogP contribution in [-0.2, 0) is 6.54 Å². The van der Waals surface area contributed by atoms with Crippen molar-refractivity contribution < 1.29 is 4.39 Å². The quantitative estimate of drug-likeness (QED) is 0.752. The Morgan fingerprint density at radius 3 is 2.65 bits per heavy atom. The molecule has 2 rings (SSSR count). The maximum Gasteiger partial charge on any atom is 0.131 e. The third-order valence-electron chi connectivity index (χ3n) is 3.28. The van der Waals surface area contributed by atoms with Gasteiger partial charge in [-0.3, -0.25) is 0 Å². The number of hydrogen-bond acceptors (Lipinski definition) is 1. The Hall–Kier alpha value is -1.19. The van der Waals surface area contributed by atoms with Gasteiger partial charge in [0.1, 0.15) is 5.82 Å². The highest BCUT2D eigenvalue weighted by Crippen LogP contribution is 2.29. The number of rotatable bonds is 5. The molecule has 0 unspecified atom stereocenters. The number of hydrogen-bond donors (Lipinski definition) is 1. The van der Waals surface area contributed by atoms with Gasteiger partial charge < -0.3 is 5.32 Å². The van der Waals surface area contributed by atoms with Crippen molar-refractivity contribution in [2.45, 2.75) is 26.8 Å². The average Bonchev–Trinajstić information content (AvgIpc) is 2.44. The van der Waals surface area contributed by atoms with Gasteiger partial charge in [0.25, 0.3) is 0 Å². The van der Waals surface area contributed by atoms with Gasteiger partial charge in [-0.2, -0.15) is 0 Å². The van der Waals surface area contributed by atoms with E-state index in [-0.39, 0.29) is 5.82 Å². The molecule has 0 aliphatic rings. The van der Waals surface area contributed by atoms with E-state index in [9.17, 15) is 4.39 Å². The molecule has 3 heteroatoms. The Labute approximate surface area is 128 Å². The molecule has 0 heterocycles. The van der Waals surface area contributed by atoms with Crippen LogP contribution in [0.1, 0.15) is 24.5 Å². The second-order valence-corrected chi connectivity index (χ2v) is 5.87. The molecule has 0 aliphatic carbocycles. The summed E-state index contributed by atoms with van der Waals surface area (Å²) in [5, 5.41) is 3.37. The zero-order chi connectivity index (χ0) is 14.5. The topological polar surface area (TPSA) is 12.0 Å². The zero-order valence-corrected chi connectivity index (χ0v) is 13.4. The normalized spacial score (nSPS) is 10.8. The van der Waals surface area contributed by atoms with Crippen LogP contribution in [0.15, 0.2) is 40.9 Å². The number of nitrogens with one attached hydrogen (secondary N) is 1. The molecule has 2 aromatic carbocycles. The summed E-state index contributed by atoms with van der Waals surface area (Å²) < 4.78 is 14.9. The predicted molar refractivity (Wildman–Crippen MR) is 86.3 cm³/mol. The summed E-state index contributed by atoms with van der Waals surface area (Å²) in [5.41, 5.74) is 3.87. The highest BCUT2D eigenvalue weighted by molar-refractivity contribution is 9.10. The van der Waals surface area contributed by atoms with E-state index >= 15 is 0 Å². The molecule has 0 fully saturated rings. The molecular weight excluding hydrogens is 317 g/mol. The smallest absolute Gasteiger partial charge is 0.131 e. The van der Waals surface area contributed by atoms with E-state index in [1.807, 2.05) is 13.0 Å². The molecule has 0 bridgehead atoms. The molecule has 0 spiro atoms. The maximum absolute atomic E-state index is 14.0. The SMILES string of the molecule is CCCNCc1ccc(C)c(-c2cc(Br)ccc2F)c1. The fraction of sp³-hybridized carbons (Fsp3) is 0.294. The van der Waals surface area contributed by atoms with Gasteiger partial charge in [0.2, 0.25) is 0 Å². The van der Waals surface area contributed by atoms with Crippen LogP contribution >= 0.6 is 15.9 Å². The van der Waals surface area contributed by atoms with Gasteiger partial charge in [-0.1, -0.05) is 35.0 Å². The fourth-order valence-electron chi connectivity index (χ4n) is 2.18. The summed E-state index contributed by atoms with van der Waals surface area (Å²) >= 11 is 3.41. The summed E-state index contributed by atoms with van der Waals surface area (Å²) in [6, 6.07) is 11.3. The molecule has 106 valence electrons. The fourth-order valence-corrected chi connectivity index (χ4v) is 2.54. The summed E-state index contributed by atoms with van der Waals surface area (Å²) in [6.45, 7) is 5.97. The first-order chi connectivity index (χ1) is 9.61. The average molecular weight is 336 g/mol. The van der Waals surface area contributed by atoms with Crippen molar-refractivity contribution in [3.8, 4) is 11.1 Å². The van der Waals surface area contributed by atoms with Gasteiger partial charge in [-0.15, -0.1) is 0 Å². The molecule has 1 nitrogen and oxygen atoms in total. The third kappa shape index (κ3) is 3.68. The van der Waals surface area contributed by atoms with E-state index in [2.05, 4.69) is 46.4 Å². The van der Waals surface area contributed by atoms with Crippen LogP contribution in [-0.4, -0.2) is 6.54 Å². The standard InChI is InChI=1S/C17H19BrFN/c1-3-8-20-11-13-5-4-12(2)15(9-13)16-10-14(18)6-7-17(16)19/h4-7,9-10,20H,3,8,11H2,1-2H3. The van der Waals surface area contributed by atoms with Gasteiger partial charge in [0.05, 0.1) is 0 Å². The monoisotopic (exact) mass is 335 g/mol. The van der Waals surface area contributed by atoms with Crippen LogP contribution in [0.3, 0.4) is 0 Å². The lowest BCUT2D eigenvalue weighted by atomic mass is 9.97. The first-order valence-corrected chi connectivity index (χ1v) is 7.66.